The van der Waals surface area contributed by atoms with Crippen molar-refractivity contribution in [1.82, 2.24) is 0 Å². The normalized spacial score (nSPS) is 28.5. The predicted molar refractivity (Wildman–Crippen MR) is 92.4 cm³/mol. The van der Waals surface area contributed by atoms with Crippen molar-refractivity contribution in [3.05, 3.63) is 29.3 Å². The molecule has 0 aliphatic heterocycles. The van der Waals surface area contributed by atoms with Crippen molar-refractivity contribution in [2.24, 2.45) is 11.7 Å². The summed E-state index contributed by atoms with van der Waals surface area (Å²) in [4.78, 5) is 0. The van der Waals surface area contributed by atoms with Gasteiger partial charge in [-0.2, -0.15) is 5.26 Å². The molecular weight excluding hydrogens is 284 g/mol. The van der Waals surface area contributed by atoms with E-state index in [0.717, 1.165) is 49.8 Å². The maximum Gasteiger partial charge on any atom is 0.122 e. The number of rotatable bonds is 4. The molecule has 23 heavy (non-hydrogen) atoms. The van der Waals surface area contributed by atoms with Gasteiger partial charge in [0, 0.05) is 0 Å². The first-order valence-electron chi connectivity index (χ1n) is 9.06. The summed E-state index contributed by atoms with van der Waals surface area (Å²) in [5.74, 6) is 1.43. The van der Waals surface area contributed by atoms with Crippen LogP contribution in [0, 0.1) is 24.2 Å². The van der Waals surface area contributed by atoms with Gasteiger partial charge in [0.15, 0.2) is 0 Å². The first-order valence-corrected chi connectivity index (χ1v) is 9.06. The molecule has 2 fully saturated rings. The van der Waals surface area contributed by atoms with E-state index in [9.17, 15) is 5.26 Å². The zero-order chi connectivity index (χ0) is 16.3. The number of nitrogens with zero attached hydrogens (tertiary/aromatic N) is 1. The summed E-state index contributed by atoms with van der Waals surface area (Å²) in [6.45, 7) is 2.78. The molecule has 2 aliphatic rings. The number of aryl methyl sites for hydroxylation is 1. The Bertz CT molecular complexity index is 586. The van der Waals surface area contributed by atoms with Gasteiger partial charge in [0.05, 0.1) is 17.6 Å². The summed E-state index contributed by atoms with van der Waals surface area (Å²) >= 11 is 0. The molecule has 2 aliphatic carbocycles. The fourth-order valence-electron chi connectivity index (χ4n) is 4.23. The topological polar surface area (TPSA) is 59.0 Å². The van der Waals surface area contributed by atoms with Crippen LogP contribution in [0.4, 0.5) is 0 Å². The van der Waals surface area contributed by atoms with E-state index < -0.39 is 0 Å². The molecule has 124 valence electrons. The van der Waals surface area contributed by atoms with Crippen LogP contribution in [0.15, 0.2) is 18.2 Å². The molecule has 3 rings (SSSR count). The van der Waals surface area contributed by atoms with Crippen LogP contribution in [-0.2, 0) is 5.41 Å². The molecule has 2 saturated carbocycles. The van der Waals surface area contributed by atoms with Crippen LogP contribution in [0.3, 0.4) is 0 Å². The molecule has 0 aromatic heterocycles. The Kier molecular flexibility index (Phi) is 4.92. The summed E-state index contributed by atoms with van der Waals surface area (Å²) < 4.78 is 6.25. The summed E-state index contributed by atoms with van der Waals surface area (Å²) in [5.41, 5.74) is 7.79. The monoisotopic (exact) mass is 312 g/mol. The summed E-state index contributed by atoms with van der Waals surface area (Å²) in [5, 5.41) is 9.92. The number of nitrogens with two attached hydrogens (primary N) is 1. The SMILES string of the molecule is Cc1ccc(C2(C#N)CCCC(CN)C2)cc1OC1CCCC1. The van der Waals surface area contributed by atoms with Gasteiger partial charge in [0.25, 0.3) is 0 Å². The Morgan fingerprint density at radius 1 is 1.26 bits per heavy atom. The molecule has 2 N–H and O–H groups in total. The van der Waals surface area contributed by atoms with E-state index in [4.69, 9.17) is 10.5 Å². The molecule has 3 nitrogen and oxygen atoms in total. The first-order chi connectivity index (χ1) is 11.2. The van der Waals surface area contributed by atoms with Crippen LogP contribution < -0.4 is 10.5 Å². The van der Waals surface area contributed by atoms with Crippen molar-refractivity contribution >= 4 is 0 Å². The minimum Gasteiger partial charge on any atom is -0.490 e. The second-order valence-corrected chi connectivity index (χ2v) is 7.40. The fourth-order valence-corrected chi connectivity index (χ4v) is 4.23. The van der Waals surface area contributed by atoms with Crippen molar-refractivity contribution in [3.8, 4) is 11.8 Å². The number of benzene rings is 1. The predicted octanol–water partition coefficient (Wildman–Crippen LogP) is 4.23. The molecular formula is C20H28N2O. The maximum absolute atomic E-state index is 9.92. The lowest BCUT2D eigenvalue weighted by Crippen LogP contribution is -2.34. The molecule has 2 unspecified atom stereocenters. The molecule has 1 aromatic rings. The van der Waals surface area contributed by atoms with Gasteiger partial charge in [0.2, 0.25) is 0 Å². The molecule has 1 aromatic carbocycles. The Morgan fingerprint density at radius 2 is 2.04 bits per heavy atom. The quantitative estimate of drug-likeness (QED) is 0.905. The van der Waals surface area contributed by atoms with Gasteiger partial charge in [-0.1, -0.05) is 18.6 Å². The standard InChI is InChI=1S/C20H28N2O/c1-15-8-9-17(11-19(15)23-18-6-2-3-7-18)20(14-22)10-4-5-16(12-20)13-21/h8-9,11,16,18H,2-7,10,12-13,21H2,1H3. The second kappa shape index (κ2) is 6.93. The minimum absolute atomic E-state index is 0.352. The van der Waals surface area contributed by atoms with Gasteiger partial charge in [-0.05, 0) is 81.5 Å². The van der Waals surface area contributed by atoms with Crippen LogP contribution in [0.1, 0.15) is 62.5 Å². The van der Waals surface area contributed by atoms with E-state index in [1.165, 1.54) is 18.4 Å². The van der Waals surface area contributed by atoms with E-state index in [-0.39, 0.29) is 5.41 Å². The van der Waals surface area contributed by atoms with E-state index in [1.807, 2.05) is 0 Å². The third-order valence-electron chi connectivity index (χ3n) is 5.74. The Morgan fingerprint density at radius 3 is 2.74 bits per heavy atom. The highest BCUT2D eigenvalue weighted by molar-refractivity contribution is 5.43. The summed E-state index contributed by atoms with van der Waals surface area (Å²) in [6.07, 6.45) is 9.25. The highest BCUT2D eigenvalue weighted by Crippen LogP contribution is 2.43. The molecule has 0 saturated heterocycles. The van der Waals surface area contributed by atoms with Crippen molar-refractivity contribution in [2.75, 3.05) is 6.54 Å². The molecule has 0 radical (unpaired) electrons. The Hall–Kier alpha value is -1.53. The molecule has 0 bridgehead atoms. The van der Waals surface area contributed by atoms with Crippen LogP contribution in [0.25, 0.3) is 0 Å². The highest BCUT2D eigenvalue weighted by atomic mass is 16.5. The van der Waals surface area contributed by atoms with Crippen LogP contribution >= 0.6 is 0 Å². The molecule has 0 amide bonds. The van der Waals surface area contributed by atoms with Crippen molar-refractivity contribution in [3.63, 3.8) is 0 Å². The lowest BCUT2D eigenvalue weighted by molar-refractivity contribution is 0.207. The zero-order valence-corrected chi connectivity index (χ0v) is 14.2. The van der Waals surface area contributed by atoms with Crippen LogP contribution in [0.2, 0.25) is 0 Å². The third-order valence-corrected chi connectivity index (χ3v) is 5.74. The average molecular weight is 312 g/mol. The van der Waals surface area contributed by atoms with Gasteiger partial charge >= 0.3 is 0 Å². The molecule has 0 heterocycles. The summed E-state index contributed by atoms with van der Waals surface area (Å²) in [7, 11) is 0. The fraction of sp³-hybridized carbons (Fsp3) is 0.650. The second-order valence-electron chi connectivity index (χ2n) is 7.40. The number of hydrogen-bond donors (Lipinski definition) is 1. The summed E-state index contributed by atoms with van der Waals surface area (Å²) in [6, 6.07) is 9.00. The van der Waals surface area contributed by atoms with Crippen molar-refractivity contribution in [2.45, 2.75) is 69.8 Å². The minimum atomic E-state index is -0.385. The lowest BCUT2D eigenvalue weighted by Gasteiger charge is -2.36. The van der Waals surface area contributed by atoms with Gasteiger partial charge in [-0.25, -0.2) is 0 Å². The first kappa shape index (κ1) is 16.3. The van der Waals surface area contributed by atoms with E-state index >= 15 is 0 Å². The van der Waals surface area contributed by atoms with E-state index in [1.54, 1.807) is 0 Å². The molecule has 3 heteroatoms. The van der Waals surface area contributed by atoms with Gasteiger partial charge in [0.1, 0.15) is 5.75 Å². The van der Waals surface area contributed by atoms with Crippen LogP contribution in [0.5, 0.6) is 5.75 Å². The maximum atomic E-state index is 9.92. The van der Waals surface area contributed by atoms with Crippen LogP contribution in [-0.4, -0.2) is 12.6 Å². The largest absolute Gasteiger partial charge is 0.490 e. The average Bonchev–Trinajstić information content (AvgIpc) is 3.10. The van der Waals surface area contributed by atoms with E-state index in [0.29, 0.717) is 18.6 Å². The number of nitriles is 1. The zero-order valence-electron chi connectivity index (χ0n) is 14.2. The molecule has 0 spiro atoms. The lowest BCUT2D eigenvalue weighted by atomic mass is 9.66. The van der Waals surface area contributed by atoms with Gasteiger partial charge < -0.3 is 10.5 Å². The number of ether oxygens (including phenoxy) is 1. The van der Waals surface area contributed by atoms with Gasteiger partial charge in [-0.15, -0.1) is 0 Å². The molecule has 2 atom stereocenters. The van der Waals surface area contributed by atoms with E-state index in [2.05, 4.69) is 31.2 Å². The number of hydrogen-bond acceptors (Lipinski definition) is 3. The highest BCUT2D eigenvalue weighted by Gasteiger charge is 2.38. The Balaban J connectivity index is 1.87. The van der Waals surface area contributed by atoms with Crippen molar-refractivity contribution < 1.29 is 4.74 Å². The van der Waals surface area contributed by atoms with Gasteiger partial charge in [-0.3, -0.25) is 0 Å². The third kappa shape index (κ3) is 3.38. The Labute approximate surface area is 139 Å². The smallest absolute Gasteiger partial charge is 0.122 e. The van der Waals surface area contributed by atoms with Crippen molar-refractivity contribution in [1.29, 1.82) is 5.26 Å².